The second-order valence-corrected chi connectivity index (χ2v) is 7.02. The number of nitrogens with zero attached hydrogens (tertiary/aromatic N) is 3. The first-order valence-corrected chi connectivity index (χ1v) is 10.1. The Kier molecular flexibility index (Phi) is 8.81. The van der Waals surface area contributed by atoms with Gasteiger partial charge in [-0.15, -0.1) is 0 Å². The summed E-state index contributed by atoms with van der Waals surface area (Å²) in [7, 11) is 0. The predicted molar refractivity (Wildman–Crippen MR) is 110 cm³/mol. The molecule has 1 aliphatic heterocycles. The third-order valence-corrected chi connectivity index (χ3v) is 5.12. The molecule has 2 heterocycles. The SMILES string of the molecule is CCNC(=NCc1ccc(N(CC)CC)nc1)NCC1(CCO)CCOC1. The fourth-order valence-corrected chi connectivity index (χ4v) is 3.34. The molecular formula is C20H35N5O2. The minimum Gasteiger partial charge on any atom is -0.396 e. The van der Waals surface area contributed by atoms with Crippen molar-refractivity contribution < 1.29 is 9.84 Å². The highest BCUT2D eigenvalue weighted by Crippen LogP contribution is 2.31. The highest BCUT2D eigenvalue weighted by molar-refractivity contribution is 5.79. The first-order valence-electron chi connectivity index (χ1n) is 10.1. The van der Waals surface area contributed by atoms with Crippen molar-refractivity contribution >= 4 is 11.8 Å². The molecule has 0 bridgehead atoms. The second kappa shape index (κ2) is 11.1. The molecule has 152 valence electrons. The summed E-state index contributed by atoms with van der Waals surface area (Å²) in [6, 6.07) is 4.15. The molecule has 1 aromatic heterocycles. The zero-order chi connectivity index (χ0) is 19.5. The Hall–Kier alpha value is -1.86. The van der Waals surface area contributed by atoms with Crippen molar-refractivity contribution in [3.63, 3.8) is 0 Å². The topological polar surface area (TPSA) is 82.0 Å². The molecule has 0 radical (unpaired) electrons. The molecule has 0 saturated carbocycles. The smallest absolute Gasteiger partial charge is 0.191 e. The number of guanidine groups is 1. The lowest BCUT2D eigenvalue weighted by Crippen LogP contribution is -2.44. The van der Waals surface area contributed by atoms with Gasteiger partial charge in [-0.05, 0) is 45.2 Å². The van der Waals surface area contributed by atoms with Gasteiger partial charge < -0.3 is 25.4 Å². The Labute approximate surface area is 163 Å². The fourth-order valence-electron chi connectivity index (χ4n) is 3.34. The van der Waals surface area contributed by atoms with E-state index in [0.717, 1.165) is 63.0 Å². The quantitative estimate of drug-likeness (QED) is 0.426. The normalized spacial score (nSPS) is 19.9. The third-order valence-electron chi connectivity index (χ3n) is 5.12. The van der Waals surface area contributed by atoms with Crippen LogP contribution >= 0.6 is 0 Å². The predicted octanol–water partition coefficient (Wildman–Crippen LogP) is 1.77. The summed E-state index contributed by atoms with van der Waals surface area (Å²) in [4.78, 5) is 11.5. The fraction of sp³-hybridized carbons (Fsp3) is 0.700. The minimum absolute atomic E-state index is 0.00207. The van der Waals surface area contributed by atoms with E-state index in [1.165, 1.54) is 0 Å². The van der Waals surface area contributed by atoms with Gasteiger partial charge in [0.1, 0.15) is 5.82 Å². The van der Waals surface area contributed by atoms with E-state index in [4.69, 9.17) is 4.74 Å². The maximum Gasteiger partial charge on any atom is 0.191 e. The zero-order valence-electron chi connectivity index (χ0n) is 17.0. The van der Waals surface area contributed by atoms with Gasteiger partial charge in [0, 0.05) is 51.0 Å². The van der Waals surface area contributed by atoms with Gasteiger partial charge in [-0.25, -0.2) is 9.98 Å². The average molecular weight is 378 g/mol. The average Bonchev–Trinajstić information content (AvgIpc) is 3.15. The van der Waals surface area contributed by atoms with Gasteiger partial charge in [-0.2, -0.15) is 0 Å². The number of aromatic nitrogens is 1. The molecule has 0 aliphatic carbocycles. The van der Waals surface area contributed by atoms with Crippen molar-refractivity contribution in [1.82, 2.24) is 15.6 Å². The monoisotopic (exact) mass is 377 g/mol. The lowest BCUT2D eigenvalue weighted by molar-refractivity contribution is 0.127. The van der Waals surface area contributed by atoms with Crippen LogP contribution in [0.15, 0.2) is 23.3 Å². The molecule has 2 rings (SSSR count). The van der Waals surface area contributed by atoms with Crippen molar-refractivity contribution in [3.8, 4) is 0 Å². The van der Waals surface area contributed by atoms with E-state index in [1.54, 1.807) is 0 Å². The number of anilines is 1. The number of hydrogen-bond donors (Lipinski definition) is 3. The number of aliphatic hydroxyl groups is 1. The summed E-state index contributed by atoms with van der Waals surface area (Å²) in [6.45, 7) is 12.0. The minimum atomic E-state index is -0.00207. The molecule has 0 aromatic carbocycles. The highest BCUT2D eigenvalue weighted by Gasteiger charge is 2.34. The van der Waals surface area contributed by atoms with Crippen molar-refractivity contribution in [2.75, 3.05) is 50.9 Å². The van der Waals surface area contributed by atoms with Crippen LogP contribution in [0.2, 0.25) is 0 Å². The lowest BCUT2D eigenvalue weighted by Gasteiger charge is -2.27. The molecule has 1 fully saturated rings. The molecule has 1 aromatic rings. The van der Waals surface area contributed by atoms with Gasteiger partial charge in [0.25, 0.3) is 0 Å². The van der Waals surface area contributed by atoms with Crippen LogP contribution in [0.1, 0.15) is 39.2 Å². The lowest BCUT2D eigenvalue weighted by atomic mass is 9.84. The molecule has 1 aliphatic rings. The van der Waals surface area contributed by atoms with Crippen LogP contribution in [-0.2, 0) is 11.3 Å². The number of nitrogens with one attached hydrogen (secondary N) is 2. The van der Waals surface area contributed by atoms with E-state index in [2.05, 4.69) is 58.4 Å². The number of hydrogen-bond acceptors (Lipinski definition) is 5. The van der Waals surface area contributed by atoms with Crippen LogP contribution < -0.4 is 15.5 Å². The summed E-state index contributed by atoms with van der Waals surface area (Å²) < 4.78 is 5.56. The summed E-state index contributed by atoms with van der Waals surface area (Å²) >= 11 is 0. The number of pyridine rings is 1. The van der Waals surface area contributed by atoms with E-state index in [9.17, 15) is 5.11 Å². The standard InChI is InChI=1S/C20H35N5O2/c1-4-21-19(24-15-20(9-11-26)10-12-27-16-20)23-14-17-7-8-18(22-13-17)25(5-2)6-3/h7-8,13,26H,4-6,9-12,14-16H2,1-3H3,(H2,21,23,24). The van der Waals surface area contributed by atoms with Crippen molar-refractivity contribution in [2.45, 2.75) is 40.2 Å². The molecule has 1 unspecified atom stereocenters. The number of rotatable bonds is 10. The Balaban J connectivity index is 1.96. The Morgan fingerprint density at radius 2 is 2.11 bits per heavy atom. The maximum absolute atomic E-state index is 9.37. The molecule has 7 heteroatoms. The van der Waals surface area contributed by atoms with Gasteiger partial charge in [-0.3, -0.25) is 0 Å². The molecule has 1 atom stereocenters. The van der Waals surface area contributed by atoms with Gasteiger partial charge in [0.15, 0.2) is 5.96 Å². The molecule has 3 N–H and O–H groups in total. The summed E-state index contributed by atoms with van der Waals surface area (Å²) in [6.07, 6.45) is 3.62. The number of aliphatic imine (C=N–C) groups is 1. The second-order valence-electron chi connectivity index (χ2n) is 7.02. The first kappa shape index (κ1) is 21.4. The van der Waals surface area contributed by atoms with E-state index in [-0.39, 0.29) is 12.0 Å². The third kappa shape index (κ3) is 6.36. The van der Waals surface area contributed by atoms with E-state index in [1.807, 2.05) is 6.20 Å². The van der Waals surface area contributed by atoms with Crippen LogP contribution in [0.5, 0.6) is 0 Å². The van der Waals surface area contributed by atoms with Gasteiger partial charge in [0.05, 0.1) is 13.2 Å². The van der Waals surface area contributed by atoms with Gasteiger partial charge in [0.2, 0.25) is 0 Å². The largest absolute Gasteiger partial charge is 0.396 e. The van der Waals surface area contributed by atoms with Gasteiger partial charge >= 0.3 is 0 Å². The Morgan fingerprint density at radius 3 is 2.67 bits per heavy atom. The molecule has 27 heavy (non-hydrogen) atoms. The van der Waals surface area contributed by atoms with Crippen LogP contribution in [0, 0.1) is 5.41 Å². The Bertz CT molecular complexity index is 566. The Morgan fingerprint density at radius 1 is 1.30 bits per heavy atom. The first-order chi connectivity index (χ1) is 13.2. The molecule has 1 saturated heterocycles. The summed E-state index contributed by atoms with van der Waals surface area (Å²) in [5.41, 5.74) is 1.08. The number of aliphatic hydroxyl groups excluding tert-OH is 1. The number of ether oxygens (including phenoxy) is 1. The van der Waals surface area contributed by atoms with Crippen LogP contribution in [0.4, 0.5) is 5.82 Å². The van der Waals surface area contributed by atoms with Crippen LogP contribution in [0.25, 0.3) is 0 Å². The highest BCUT2D eigenvalue weighted by atomic mass is 16.5. The molecular weight excluding hydrogens is 342 g/mol. The zero-order valence-corrected chi connectivity index (χ0v) is 17.0. The molecule has 0 spiro atoms. The molecule has 7 nitrogen and oxygen atoms in total. The van der Waals surface area contributed by atoms with E-state index >= 15 is 0 Å². The van der Waals surface area contributed by atoms with E-state index < -0.39 is 0 Å². The molecule has 0 amide bonds. The van der Waals surface area contributed by atoms with Gasteiger partial charge in [-0.1, -0.05) is 6.07 Å². The van der Waals surface area contributed by atoms with Crippen molar-refractivity contribution in [1.29, 1.82) is 0 Å². The van der Waals surface area contributed by atoms with Crippen molar-refractivity contribution in [2.24, 2.45) is 10.4 Å². The van der Waals surface area contributed by atoms with Crippen LogP contribution in [0.3, 0.4) is 0 Å². The van der Waals surface area contributed by atoms with E-state index in [0.29, 0.717) is 13.2 Å². The van der Waals surface area contributed by atoms with Crippen LogP contribution in [-0.4, -0.2) is 62.0 Å². The van der Waals surface area contributed by atoms with Crippen molar-refractivity contribution in [3.05, 3.63) is 23.9 Å². The summed E-state index contributed by atoms with van der Waals surface area (Å²) in [5, 5.41) is 16.1. The summed E-state index contributed by atoms with van der Waals surface area (Å²) in [5.74, 6) is 1.79. The maximum atomic E-state index is 9.37.